The lowest BCUT2D eigenvalue weighted by Gasteiger charge is -2.32. The number of Topliss-reactive ketones (excluding diaryl/α,β-unsaturated/α-hetero) is 1. The van der Waals surface area contributed by atoms with Gasteiger partial charge < -0.3 is 5.32 Å². The highest BCUT2D eigenvalue weighted by Gasteiger charge is 2.33. The molecular formula is C30H28N2O3S. The van der Waals surface area contributed by atoms with E-state index in [4.69, 9.17) is 0 Å². The summed E-state index contributed by atoms with van der Waals surface area (Å²) in [5.41, 5.74) is 3.73. The SMILES string of the molecule is CC(=O)c1ccc(N(C(=O)Cc2cccs2)[C@H](C(=O)NCc2ccccc2)c2ccccc2C)cc1. The number of benzene rings is 3. The number of ketones is 1. The standard InChI is InChI=1S/C30H28N2O3S/c1-21-9-6-7-13-27(21)29(30(35)31-20-23-10-4-3-5-11-23)32(28(34)19-26-12-8-18-36-26)25-16-14-24(15-17-25)22(2)33/h3-18,29H,19-20H2,1-2H3,(H,31,35)/t29-/m0/s1. The highest BCUT2D eigenvalue weighted by molar-refractivity contribution is 7.10. The van der Waals surface area contributed by atoms with Crippen LogP contribution in [0.25, 0.3) is 0 Å². The third-order valence-electron chi connectivity index (χ3n) is 6.03. The summed E-state index contributed by atoms with van der Waals surface area (Å²) in [5.74, 6) is -0.534. The average Bonchev–Trinajstić information content (AvgIpc) is 3.40. The lowest BCUT2D eigenvalue weighted by atomic mass is 9.97. The van der Waals surface area contributed by atoms with Crippen LogP contribution >= 0.6 is 11.3 Å². The molecule has 182 valence electrons. The molecule has 0 aliphatic carbocycles. The van der Waals surface area contributed by atoms with Crippen LogP contribution in [-0.4, -0.2) is 17.6 Å². The molecule has 0 saturated carbocycles. The monoisotopic (exact) mass is 496 g/mol. The highest BCUT2D eigenvalue weighted by Crippen LogP contribution is 2.31. The van der Waals surface area contributed by atoms with Gasteiger partial charge in [0.25, 0.3) is 0 Å². The summed E-state index contributed by atoms with van der Waals surface area (Å²) in [4.78, 5) is 42.0. The maximum Gasteiger partial charge on any atom is 0.248 e. The van der Waals surface area contributed by atoms with Crippen LogP contribution in [0.4, 0.5) is 5.69 Å². The van der Waals surface area contributed by atoms with E-state index in [1.165, 1.54) is 18.3 Å². The molecular weight excluding hydrogens is 468 g/mol. The van der Waals surface area contributed by atoms with Crippen molar-refractivity contribution in [2.24, 2.45) is 0 Å². The second-order valence-electron chi connectivity index (χ2n) is 8.59. The van der Waals surface area contributed by atoms with Crippen LogP contribution in [0.3, 0.4) is 0 Å². The van der Waals surface area contributed by atoms with E-state index in [2.05, 4.69) is 5.32 Å². The van der Waals surface area contributed by atoms with Crippen molar-refractivity contribution in [3.63, 3.8) is 0 Å². The van der Waals surface area contributed by atoms with Crippen LogP contribution in [-0.2, 0) is 22.6 Å². The topological polar surface area (TPSA) is 66.5 Å². The Balaban J connectivity index is 1.76. The number of nitrogens with zero attached hydrogens (tertiary/aromatic N) is 1. The number of anilines is 1. The van der Waals surface area contributed by atoms with E-state index in [0.29, 0.717) is 17.8 Å². The minimum Gasteiger partial charge on any atom is -0.350 e. The van der Waals surface area contributed by atoms with Crippen molar-refractivity contribution in [2.75, 3.05) is 4.90 Å². The Morgan fingerprint density at radius 1 is 0.861 bits per heavy atom. The largest absolute Gasteiger partial charge is 0.350 e. The molecule has 1 heterocycles. The van der Waals surface area contributed by atoms with Gasteiger partial charge in [-0.3, -0.25) is 19.3 Å². The van der Waals surface area contributed by atoms with Gasteiger partial charge in [0, 0.05) is 22.7 Å². The second kappa shape index (κ2) is 11.6. The van der Waals surface area contributed by atoms with E-state index in [9.17, 15) is 14.4 Å². The molecule has 5 nitrogen and oxygen atoms in total. The number of hydrogen-bond donors (Lipinski definition) is 1. The molecule has 1 aromatic heterocycles. The van der Waals surface area contributed by atoms with E-state index in [1.807, 2.05) is 79.0 Å². The fraction of sp³-hybridized carbons (Fsp3) is 0.167. The van der Waals surface area contributed by atoms with Crippen molar-refractivity contribution < 1.29 is 14.4 Å². The molecule has 2 amide bonds. The molecule has 0 radical (unpaired) electrons. The van der Waals surface area contributed by atoms with E-state index in [1.54, 1.807) is 29.2 Å². The molecule has 0 unspecified atom stereocenters. The highest BCUT2D eigenvalue weighted by atomic mass is 32.1. The summed E-state index contributed by atoms with van der Waals surface area (Å²) < 4.78 is 0. The molecule has 1 N–H and O–H groups in total. The predicted octanol–water partition coefficient (Wildman–Crippen LogP) is 5.89. The van der Waals surface area contributed by atoms with Gasteiger partial charge in [0.1, 0.15) is 6.04 Å². The molecule has 36 heavy (non-hydrogen) atoms. The molecule has 4 aromatic rings. The lowest BCUT2D eigenvalue weighted by molar-refractivity contribution is -0.126. The molecule has 4 rings (SSSR count). The molecule has 3 aromatic carbocycles. The molecule has 0 bridgehead atoms. The number of carbonyl (C=O) groups is 3. The zero-order valence-electron chi connectivity index (χ0n) is 20.3. The summed E-state index contributed by atoms with van der Waals surface area (Å²) in [6, 6.07) is 27.1. The van der Waals surface area contributed by atoms with Gasteiger partial charge in [0.2, 0.25) is 11.8 Å². The molecule has 0 saturated heterocycles. The Morgan fingerprint density at radius 3 is 2.19 bits per heavy atom. The molecule has 0 spiro atoms. The minimum absolute atomic E-state index is 0.0610. The maximum atomic E-state index is 13.8. The van der Waals surface area contributed by atoms with E-state index in [0.717, 1.165) is 21.6 Å². The number of nitrogens with one attached hydrogen (secondary N) is 1. The first kappa shape index (κ1) is 25.1. The van der Waals surface area contributed by atoms with Gasteiger partial charge in [-0.1, -0.05) is 60.7 Å². The lowest BCUT2D eigenvalue weighted by Crippen LogP contribution is -2.44. The zero-order chi connectivity index (χ0) is 25.5. The quantitative estimate of drug-likeness (QED) is 0.294. The third-order valence-corrected chi connectivity index (χ3v) is 6.90. The first-order valence-corrected chi connectivity index (χ1v) is 12.6. The van der Waals surface area contributed by atoms with Gasteiger partial charge in [0.05, 0.1) is 6.42 Å². The van der Waals surface area contributed by atoms with Crippen molar-refractivity contribution in [1.29, 1.82) is 0 Å². The summed E-state index contributed by atoms with van der Waals surface area (Å²) in [5, 5.41) is 4.96. The van der Waals surface area contributed by atoms with E-state index < -0.39 is 6.04 Å². The van der Waals surface area contributed by atoms with Crippen LogP contribution in [0.1, 0.15) is 44.9 Å². The smallest absolute Gasteiger partial charge is 0.248 e. The van der Waals surface area contributed by atoms with Gasteiger partial charge in [-0.15, -0.1) is 11.3 Å². The molecule has 0 fully saturated rings. The van der Waals surface area contributed by atoms with Crippen LogP contribution in [0.15, 0.2) is 96.4 Å². The number of carbonyl (C=O) groups excluding carboxylic acids is 3. The Kier molecular flexibility index (Phi) is 8.08. The van der Waals surface area contributed by atoms with Gasteiger partial charge in [-0.2, -0.15) is 0 Å². The van der Waals surface area contributed by atoms with Crippen LogP contribution in [0.5, 0.6) is 0 Å². The summed E-state index contributed by atoms with van der Waals surface area (Å²) in [7, 11) is 0. The van der Waals surface area contributed by atoms with Gasteiger partial charge in [0.15, 0.2) is 5.78 Å². The number of aryl methyl sites for hydroxylation is 1. The van der Waals surface area contributed by atoms with Crippen molar-refractivity contribution in [3.8, 4) is 0 Å². The molecule has 0 aliphatic rings. The van der Waals surface area contributed by atoms with Crippen LogP contribution < -0.4 is 10.2 Å². The van der Waals surface area contributed by atoms with Crippen molar-refractivity contribution in [1.82, 2.24) is 5.32 Å². The zero-order valence-corrected chi connectivity index (χ0v) is 21.1. The number of rotatable bonds is 9. The Morgan fingerprint density at radius 2 is 1.56 bits per heavy atom. The summed E-state index contributed by atoms with van der Waals surface area (Å²) in [6.45, 7) is 3.79. The first-order valence-electron chi connectivity index (χ1n) is 11.8. The summed E-state index contributed by atoms with van der Waals surface area (Å²) in [6.07, 6.45) is 0.167. The predicted molar refractivity (Wildman–Crippen MR) is 144 cm³/mol. The van der Waals surface area contributed by atoms with Crippen molar-refractivity contribution in [2.45, 2.75) is 32.9 Å². The first-order chi connectivity index (χ1) is 17.4. The van der Waals surface area contributed by atoms with Crippen LogP contribution in [0, 0.1) is 6.92 Å². The maximum absolute atomic E-state index is 13.8. The van der Waals surface area contributed by atoms with E-state index >= 15 is 0 Å². The fourth-order valence-electron chi connectivity index (χ4n) is 4.11. The van der Waals surface area contributed by atoms with Gasteiger partial charge in [-0.25, -0.2) is 0 Å². The molecule has 6 heteroatoms. The van der Waals surface area contributed by atoms with Gasteiger partial charge >= 0.3 is 0 Å². The Labute approximate surface area is 215 Å². The number of amides is 2. The average molecular weight is 497 g/mol. The number of hydrogen-bond acceptors (Lipinski definition) is 4. The normalized spacial score (nSPS) is 11.5. The minimum atomic E-state index is -0.884. The summed E-state index contributed by atoms with van der Waals surface area (Å²) >= 11 is 1.50. The Bertz CT molecular complexity index is 1330. The fourth-order valence-corrected chi connectivity index (χ4v) is 4.81. The molecule has 1 atom stereocenters. The van der Waals surface area contributed by atoms with Crippen molar-refractivity contribution in [3.05, 3.63) is 124 Å². The Hall–Kier alpha value is -4.03. The van der Waals surface area contributed by atoms with Gasteiger partial charge in [-0.05, 0) is 66.2 Å². The van der Waals surface area contributed by atoms with Crippen LogP contribution in [0.2, 0.25) is 0 Å². The van der Waals surface area contributed by atoms with Crippen molar-refractivity contribution >= 4 is 34.6 Å². The third kappa shape index (κ3) is 5.96. The van der Waals surface area contributed by atoms with E-state index in [-0.39, 0.29) is 24.0 Å². The second-order valence-corrected chi connectivity index (χ2v) is 9.62. The molecule has 0 aliphatic heterocycles. The number of thiophene rings is 1.